The van der Waals surface area contributed by atoms with Crippen molar-refractivity contribution in [2.24, 2.45) is 17.3 Å². The van der Waals surface area contributed by atoms with E-state index in [9.17, 15) is 0 Å². The number of aromatic nitrogens is 2. The van der Waals surface area contributed by atoms with Crippen molar-refractivity contribution in [2.45, 2.75) is 76.2 Å². The summed E-state index contributed by atoms with van der Waals surface area (Å²) in [5, 5.41) is 5.13. The molecule has 5 nitrogen and oxygen atoms in total. The lowest BCUT2D eigenvalue weighted by Gasteiger charge is -2.38. The Labute approximate surface area is 196 Å². The third-order valence-corrected chi connectivity index (χ3v) is 11.0. The van der Waals surface area contributed by atoms with Crippen LogP contribution in [0, 0.1) is 17.3 Å². The van der Waals surface area contributed by atoms with Crippen molar-refractivity contribution < 1.29 is 9.47 Å². The van der Waals surface area contributed by atoms with E-state index in [2.05, 4.69) is 47.3 Å². The molecule has 5 fully saturated rings. The zero-order valence-electron chi connectivity index (χ0n) is 19.6. The largest absolute Gasteiger partial charge is 0.347 e. The zero-order chi connectivity index (χ0) is 21.5. The van der Waals surface area contributed by atoms with Gasteiger partial charge in [0.25, 0.3) is 0 Å². The summed E-state index contributed by atoms with van der Waals surface area (Å²) in [6.45, 7) is 8.77. The van der Waals surface area contributed by atoms with Crippen LogP contribution in [0.2, 0.25) is 0 Å². The Morgan fingerprint density at radius 3 is 2.50 bits per heavy atom. The molecule has 3 aliphatic heterocycles. The molecule has 2 spiro atoms. The Kier molecular flexibility index (Phi) is 4.71. The van der Waals surface area contributed by atoms with E-state index in [0.29, 0.717) is 11.5 Å². The van der Waals surface area contributed by atoms with E-state index in [1.54, 1.807) is 0 Å². The van der Waals surface area contributed by atoms with Gasteiger partial charge >= 0.3 is 0 Å². The molecule has 3 aliphatic carbocycles. The highest BCUT2D eigenvalue weighted by atomic mass is 32.2. The van der Waals surface area contributed by atoms with Crippen LogP contribution in [0.15, 0.2) is 12.1 Å². The van der Waals surface area contributed by atoms with Gasteiger partial charge in [0, 0.05) is 60.0 Å². The number of fused-ring (bicyclic) bond motifs is 1. The lowest BCUT2D eigenvalue weighted by atomic mass is 9.91. The van der Waals surface area contributed by atoms with Gasteiger partial charge in [-0.1, -0.05) is 6.08 Å². The van der Waals surface area contributed by atoms with Crippen molar-refractivity contribution >= 4 is 17.3 Å². The maximum Gasteiger partial charge on any atom is 0.172 e. The number of thioether (sulfide) groups is 1. The molecule has 0 amide bonds. The minimum atomic E-state index is -0.345. The van der Waals surface area contributed by atoms with Crippen molar-refractivity contribution in [1.29, 1.82) is 0 Å². The third-order valence-electron chi connectivity index (χ3n) is 9.39. The fourth-order valence-electron chi connectivity index (χ4n) is 7.49. The molecule has 174 valence electrons. The van der Waals surface area contributed by atoms with Gasteiger partial charge in [0.15, 0.2) is 5.79 Å². The molecule has 2 saturated carbocycles. The number of nitrogens with zero attached hydrogens (tertiary/aromatic N) is 3. The van der Waals surface area contributed by atoms with Crippen molar-refractivity contribution in [3.05, 3.63) is 23.5 Å². The van der Waals surface area contributed by atoms with Crippen LogP contribution in [-0.4, -0.2) is 64.3 Å². The molecule has 1 aromatic heterocycles. The van der Waals surface area contributed by atoms with E-state index in [1.807, 2.05) is 0 Å². The van der Waals surface area contributed by atoms with Crippen molar-refractivity contribution in [1.82, 2.24) is 14.7 Å². The van der Waals surface area contributed by atoms with Crippen LogP contribution in [0.1, 0.15) is 75.7 Å². The van der Waals surface area contributed by atoms with Gasteiger partial charge in [0.1, 0.15) is 0 Å². The molecule has 3 saturated heterocycles. The second kappa shape index (κ2) is 7.34. The molecule has 0 aromatic carbocycles. The van der Waals surface area contributed by atoms with Crippen LogP contribution in [-0.2, 0) is 9.47 Å². The average molecular weight is 456 g/mol. The number of likely N-dealkylation sites (tertiary alicyclic amines) is 1. The molecule has 32 heavy (non-hydrogen) atoms. The normalized spacial score (nSPS) is 37.3. The average Bonchev–Trinajstić information content (AvgIpc) is 3.36. The highest BCUT2D eigenvalue weighted by molar-refractivity contribution is 8.00. The third kappa shape index (κ3) is 3.19. The van der Waals surface area contributed by atoms with Gasteiger partial charge in [-0.3, -0.25) is 9.58 Å². The van der Waals surface area contributed by atoms with E-state index in [1.165, 1.54) is 60.8 Å². The standard InChI is InChI=1S/C26H37N3O2S/c1-17(2)29-23(13-22(27-29)18-3-5-26(6-4-18)30-9-10-31-26)24-20-11-19(12-21(20)24)28-8-7-25(14-28)15-32-16-25/h3,13,17,19-21,24H,4-12,14-16H2,1-2H3. The molecular formula is C26H37N3O2S. The molecule has 0 N–H and O–H groups in total. The maximum absolute atomic E-state index is 5.91. The summed E-state index contributed by atoms with van der Waals surface area (Å²) in [5.74, 6) is 5.00. The molecular weight excluding hydrogens is 418 g/mol. The number of allylic oxidation sites excluding steroid dienone is 1. The molecule has 2 atom stereocenters. The number of rotatable bonds is 4. The summed E-state index contributed by atoms with van der Waals surface area (Å²) in [6.07, 6.45) is 9.42. The predicted molar refractivity (Wildman–Crippen MR) is 128 cm³/mol. The molecule has 6 heteroatoms. The molecule has 4 heterocycles. The van der Waals surface area contributed by atoms with E-state index >= 15 is 0 Å². The van der Waals surface area contributed by atoms with Crippen LogP contribution >= 0.6 is 11.8 Å². The van der Waals surface area contributed by atoms with E-state index in [0.717, 1.165) is 56.3 Å². The minimum absolute atomic E-state index is 0.345. The second-order valence-corrected chi connectivity index (χ2v) is 12.7. The summed E-state index contributed by atoms with van der Waals surface area (Å²) < 4.78 is 14.2. The monoisotopic (exact) mass is 455 g/mol. The fourth-order valence-corrected chi connectivity index (χ4v) is 8.74. The van der Waals surface area contributed by atoms with E-state index in [-0.39, 0.29) is 5.79 Å². The van der Waals surface area contributed by atoms with Gasteiger partial charge < -0.3 is 9.47 Å². The van der Waals surface area contributed by atoms with Crippen LogP contribution in [0.5, 0.6) is 0 Å². The van der Waals surface area contributed by atoms with Crippen LogP contribution < -0.4 is 0 Å². The number of ether oxygens (including phenoxy) is 2. The predicted octanol–water partition coefficient (Wildman–Crippen LogP) is 4.71. The van der Waals surface area contributed by atoms with Crippen molar-refractivity contribution in [2.75, 3.05) is 37.8 Å². The second-order valence-electron chi connectivity index (χ2n) is 11.7. The smallest absolute Gasteiger partial charge is 0.172 e. The Morgan fingerprint density at radius 1 is 1.12 bits per heavy atom. The van der Waals surface area contributed by atoms with E-state index < -0.39 is 0 Å². The summed E-state index contributed by atoms with van der Waals surface area (Å²) >= 11 is 2.15. The van der Waals surface area contributed by atoms with Crippen LogP contribution in [0.4, 0.5) is 0 Å². The van der Waals surface area contributed by atoms with Crippen molar-refractivity contribution in [3.63, 3.8) is 0 Å². The number of hydrogen-bond donors (Lipinski definition) is 0. The lowest BCUT2D eigenvalue weighted by molar-refractivity contribution is -0.159. The highest BCUT2D eigenvalue weighted by Gasteiger charge is 2.60. The quantitative estimate of drug-likeness (QED) is 0.658. The molecule has 0 bridgehead atoms. The summed E-state index contributed by atoms with van der Waals surface area (Å²) in [6, 6.07) is 3.71. The molecule has 6 aliphatic rings. The zero-order valence-corrected chi connectivity index (χ0v) is 20.4. The first-order valence-corrected chi connectivity index (χ1v) is 14.1. The Hall–Kier alpha value is -0.820. The first-order valence-electron chi connectivity index (χ1n) is 12.9. The van der Waals surface area contributed by atoms with Gasteiger partial charge in [-0.25, -0.2) is 0 Å². The maximum atomic E-state index is 5.91. The van der Waals surface area contributed by atoms with Crippen LogP contribution in [0.25, 0.3) is 5.57 Å². The molecule has 2 unspecified atom stereocenters. The van der Waals surface area contributed by atoms with Crippen LogP contribution in [0.3, 0.4) is 0 Å². The van der Waals surface area contributed by atoms with E-state index in [4.69, 9.17) is 14.6 Å². The fraction of sp³-hybridized carbons (Fsp3) is 0.808. The van der Waals surface area contributed by atoms with Gasteiger partial charge in [0.05, 0.1) is 18.9 Å². The Bertz CT molecular complexity index is 918. The van der Waals surface area contributed by atoms with Crippen molar-refractivity contribution in [3.8, 4) is 0 Å². The van der Waals surface area contributed by atoms with Gasteiger partial charge in [-0.15, -0.1) is 0 Å². The topological polar surface area (TPSA) is 39.5 Å². The first kappa shape index (κ1) is 20.5. The lowest BCUT2D eigenvalue weighted by Crippen LogP contribution is -2.41. The SMILES string of the molecule is CC(C)n1nc(C2=CCC3(CC2)OCCO3)cc1C1C2CC(N3CCC4(CSC4)C3)CC21. The molecule has 1 aromatic rings. The Morgan fingerprint density at radius 2 is 1.91 bits per heavy atom. The summed E-state index contributed by atoms with van der Waals surface area (Å²) in [5.41, 5.74) is 4.79. The molecule has 0 radical (unpaired) electrons. The Balaban J connectivity index is 1.05. The number of hydrogen-bond acceptors (Lipinski definition) is 5. The first-order chi connectivity index (χ1) is 15.5. The minimum Gasteiger partial charge on any atom is -0.347 e. The highest BCUT2D eigenvalue weighted by Crippen LogP contribution is 2.65. The summed E-state index contributed by atoms with van der Waals surface area (Å²) in [7, 11) is 0. The molecule has 7 rings (SSSR count). The van der Waals surface area contributed by atoms with Gasteiger partial charge in [-0.05, 0) is 69.6 Å². The van der Waals surface area contributed by atoms with Gasteiger partial charge in [0.2, 0.25) is 0 Å². The van der Waals surface area contributed by atoms with Gasteiger partial charge in [-0.2, -0.15) is 16.9 Å². The summed E-state index contributed by atoms with van der Waals surface area (Å²) in [4.78, 5) is 2.87.